The zero-order valence-corrected chi connectivity index (χ0v) is 81.9. The molecule has 682 valence electrons. The fourth-order valence-electron chi connectivity index (χ4n) is 19.9. The number of allylic oxidation sites excluding steroid dienone is 9. The summed E-state index contributed by atoms with van der Waals surface area (Å²) in [7, 11) is 0. The first-order chi connectivity index (χ1) is 59.7. The number of para-hydroxylation sites is 5. The fraction of sp³-hybridized carbons (Fsp3) is 0.361. The van der Waals surface area contributed by atoms with Crippen molar-refractivity contribution in [2.75, 3.05) is 24.5 Å². The summed E-state index contributed by atoms with van der Waals surface area (Å²) in [6.45, 7) is 49.4. The van der Waals surface area contributed by atoms with E-state index in [-0.39, 0.29) is 42.5 Å². The number of hydrogen-bond acceptors (Lipinski definition) is 10. The van der Waals surface area contributed by atoms with E-state index in [1.807, 2.05) is 35.3 Å². The SMILES string of the molecule is C.C.C.C.C.CC1=C(C)N(c2ccccc2C)C(c2c(C)cccc2C)S1.CC1=C(C)N(c2ccccc2C)C(c2c(C)cccc2C)S1.CC1=C(C2CCCC2)SC(c2c(C)cccc2C)N1c1ccccc1C.CC1=C(C2CCCCC2)SC(c2c(C)cccc2C)N1c1ccccc1C.CC1=C(c2ccccc2)SC(c2c(C)cccc2C)N1c1ccccc1C. The second kappa shape index (κ2) is 46.3. The lowest BCUT2D eigenvalue weighted by molar-refractivity contribution is 0.413. The molecule has 2 fully saturated rings. The Morgan fingerprint density at radius 3 is 0.651 bits per heavy atom. The lowest BCUT2D eigenvalue weighted by Gasteiger charge is -2.31. The molecule has 2 saturated carbocycles. The molecule has 5 nitrogen and oxygen atoms in total. The van der Waals surface area contributed by atoms with E-state index >= 15 is 0 Å². The number of anilines is 5. The predicted molar refractivity (Wildman–Crippen MR) is 583 cm³/mol. The van der Waals surface area contributed by atoms with Crippen LogP contribution in [0.25, 0.3) is 4.91 Å². The van der Waals surface area contributed by atoms with Crippen LogP contribution in [0.1, 0.15) is 287 Å². The zero-order chi connectivity index (χ0) is 87.9. The summed E-state index contributed by atoms with van der Waals surface area (Å²) in [5.74, 6) is 1.52. The lowest BCUT2D eigenvalue weighted by atomic mass is 9.88. The van der Waals surface area contributed by atoms with Crippen LogP contribution in [0.2, 0.25) is 0 Å². The van der Waals surface area contributed by atoms with E-state index in [0.29, 0.717) is 21.5 Å². The Labute approximate surface area is 803 Å². The summed E-state index contributed by atoms with van der Waals surface area (Å²) in [6, 6.07) is 87.8. The van der Waals surface area contributed by atoms with Crippen molar-refractivity contribution >= 4 is 92.2 Å². The first-order valence-electron chi connectivity index (χ1n) is 45.1. The average molecular weight is 1810 g/mol. The van der Waals surface area contributed by atoms with Gasteiger partial charge in [0.25, 0.3) is 0 Å². The van der Waals surface area contributed by atoms with Crippen LogP contribution in [-0.4, -0.2) is 0 Å². The van der Waals surface area contributed by atoms with Gasteiger partial charge in [-0.2, -0.15) is 0 Å². The van der Waals surface area contributed by atoms with E-state index in [0.717, 1.165) is 11.8 Å². The van der Waals surface area contributed by atoms with Gasteiger partial charge in [0.2, 0.25) is 0 Å². The maximum absolute atomic E-state index is 2.62. The summed E-state index contributed by atoms with van der Waals surface area (Å²) in [6.07, 6.45) is 12.4. The van der Waals surface area contributed by atoms with Gasteiger partial charge in [-0.1, -0.05) is 340 Å². The smallest absolute Gasteiger partial charge is 0.110 e. The van der Waals surface area contributed by atoms with Gasteiger partial charge in [0, 0.05) is 81.4 Å². The van der Waals surface area contributed by atoms with Gasteiger partial charge >= 0.3 is 0 Å². The number of thioether (sulfide) groups is 5. The third-order valence-electron chi connectivity index (χ3n) is 26.9. The van der Waals surface area contributed by atoms with Gasteiger partial charge in [0.15, 0.2) is 0 Å². The van der Waals surface area contributed by atoms with Gasteiger partial charge in [-0.3, -0.25) is 0 Å². The van der Waals surface area contributed by atoms with Crippen LogP contribution in [-0.2, 0) is 0 Å². The number of hydrogen-bond donors (Lipinski definition) is 0. The van der Waals surface area contributed by atoms with Gasteiger partial charge in [-0.15, -0.1) is 0 Å². The fourth-order valence-corrected chi connectivity index (χ4v) is 28.1. The van der Waals surface area contributed by atoms with Crippen LogP contribution in [0.15, 0.2) is 291 Å². The quantitative estimate of drug-likeness (QED) is 0.110. The summed E-state index contributed by atoms with van der Waals surface area (Å²) < 4.78 is 0. The highest BCUT2D eigenvalue weighted by Crippen LogP contribution is 2.61. The molecule has 5 heterocycles. The Morgan fingerprint density at radius 2 is 0.395 bits per heavy atom. The minimum absolute atomic E-state index is 0. The summed E-state index contributed by atoms with van der Waals surface area (Å²) in [4.78, 5) is 20.2. The maximum Gasteiger partial charge on any atom is 0.110 e. The largest absolute Gasteiger partial charge is 0.327 e. The van der Waals surface area contributed by atoms with E-state index in [9.17, 15) is 0 Å². The van der Waals surface area contributed by atoms with E-state index in [1.54, 1.807) is 9.81 Å². The van der Waals surface area contributed by atoms with Crippen LogP contribution in [0.5, 0.6) is 0 Å². The monoisotopic (exact) mass is 1810 g/mol. The Bertz CT molecular complexity index is 5620. The van der Waals surface area contributed by atoms with Gasteiger partial charge < -0.3 is 24.5 Å². The summed E-state index contributed by atoms with van der Waals surface area (Å²) in [5, 5.41) is 1.63. The highest BCUT2D eigenvalue weighted by molar-refractivity contribution is 8.09. The summed E-state index contributed by atoms with van der Waals surface area (Å²) >= 11 is 10.2. The molecule has 10 heteroatoms. The molecule has 18 rings (SSSR count). The van der Waals surface area contributed by atoms with Crippen molar-refractivity contribution in [2.45, 2.75) is 274 Å². The molecule has 5 atom stereocenters. The second-order valence-electron chi connectivity index (χ2n) is 35.4. The van der Waals surface area contributed by atoms with Crippen molar-refractivity contribution in [1.29, 1.82) is 0 Å². The van der Waals surface area contributed by atoms with E-state index in [1.165, 1.54) is 246 Å². The molecule has 0 aromatic heterocycles. The molecule has 7 aliphatic rings. The van der Waals surface area contributed by atoms with Crippen molar-refractivity contribution in [3.63, 3.8) is 0 Å². The minimum Gasteiger partial charge on any atom is -0.327 e. The van der Waals surface area contributed by atoms with E-state index < -0.39 is 0 Å². The Kier molecular flexibility index (Phi) is 37.2. The van der Waals surface area contributed by atoms with Crippen molar-refractivity contribution in [3.05, 3.63) is 408 Å². The summed E-state index contributed by atoms with van der Waals surface area (Å²) in [5.41, 5.74) is 42.8. The van der Waals surface area contributed by atoms with Crippen LogP contribution in [0, 0.1) is 116 Å². The molecule has 0 radical (unpaired) electrons. The molecule has 5 unspecified atom stereocenters. The van der Waals surface area contributed by atoms with Crippen molar-refractivity contribution < 1.29 is 0 Å². The first-order valence-corrected chi connectivity index (χ1v) is 49.5. The van der Waals surface area contributed by atoms with Crippen molar-refractivity contribution in [1.82, 2.24) is 0 Å². The van der Waals surface area contributed by atoms with E-state index in [4.69, 9.17) is 0 Å². The average Bonchev–Trinajstić information content (AvgIpc) is 1.63. The number of benzene rings is 11. The van der Waals surface area contributed by atoms with Crippen LogP contribution < -0.4 is 24.5 Å². The maximum atomic E-state index is 2.62. The second-order valence-corrected chi connectivity index (χ2v) is 41.4. The van der Waals surface area contributed by atoms with Crippen molar-refractivity contribution in [3.8, 4) is 0 Å². The Hall–Kier alpha value is -9.13. The predicted octanol–water partition coefficient (Wildman–Crippen LogP) is 37.6. The lowest BCUT2D eigenvalue weighted by Crippen LogP contribution is -2.23. The minimum atomic E-state index is 0. The molecule has 5 aliphatic heterocycles. The van der Waals surface area contributed by atoms with Gasteiger partial charge in [0.05, 0.1) is 0 Å². The molecule has 2 aliphatic carbocycles. The molecule has 0 saturated heterocycles. The van der Waals surface area contributed by atoms with Crippen molar-refractivity contribution in [2.24, 2.45) is 11.8 Å². The molecule has 129 heavy (non-hydrogen) atoms. The molecule has 11 aromatic rings. The molecule has 0 N–H and O–H groups in total. The van der Waals surface area contributed by atoms with Crippen LogP contribution >= 0.6 is 58.8 Å². The highest BCUT2D eigenvalue weighted by atomic mass is 32.2. The zero-order valence-electron chi connectivity index (χ0n) is 77.8. The Morgan fingerprint density at radius 1 is 0.194 bits per heavy atom. The van der Waals surface area contributed by atoms with Crippen LogP contribution in [0.4, 0.5) is 28.4 Å². The third-order valence-corrected chi connectivity index (χ3v) is 34.1. The van der Waals surface area contributed by atoms with Crippen LogP contribution in [0.3, 0.4) is 0 Å². The number of nitrogens with zero attached hydrogens (tertiary/aromatic N) is 5. The van der Waals surface area contributed by atoms with Gasteiger partial charge in [-0.05, 0) is 337 Å². The van der Waals surface area contributed by atoms with Gasteiger partial charge in [-0.25, -0.2) is 0 Å². The normalized spacial score (nSPS) is 18.4. The molecule has 11 aromatic carbocycles. The highest BCUT2D eigenvalue weighted by Gasteiger charge is 2.42. The number of aryl methyl sites for hydroxylation is 15. The molecular weight excluding hydrogens is 1660 g/mol. The van der Waals surface area contributed by atoms with Gasteiger partial charge in [0.1, 0.15) is 26.9 Å². The molecule has 0 bridgehead atoms. The Balaban J connectivity index is 0.000000181. The third kappa shape index (κ3) is 22.1. The molecule has 0 spiro atoms. The first kappa shape index (κ1) is 104. The number of rotatable bonds is 13. The topological polar surface area (TPSA) is 16.2 Å². The molecule has 0 amide bonds. The standard InChI is InChI=1S/C25H31NS.C25H25NS.C24H29NS.2C20H23NS.5CH4/c2*1-17-11-8-9-16-22(17)26-20(4)24(21-14-6-5-7-15-21)27-25(26)23-18(2)12-10-13-19(23)3;1-16-10-5-8-15-21(16)25-19(4)23(20-13-6-7-14-20)26-24(25)22-17(2)11-9-12-18(22)3;2*1-13-9-6-7-12-18(13)21-16(4)17(5)22-20(21)19-14(2)10-8-11-15(19)3;;;;;/h8-13,16,21,25H,5-7,14-15H2,1-4H3;5-16,25H,1-4H3;5,8-12,15,20,24H,6-7,13-14H2,1-4H3;2*6-12,20H,1-5H3;5*1H4. The van der Waals surface area contributed by atoms with E-state index in [2.05, 4.69) is 443 Å². The molecular formula is C119H151N5S5.